The zero-order chi connectivity index (χ0) is 17.6. The highest BCUT2D eigenvalue weighted by molar-refractivity contribution is 7.89. The Hall–Kier alpha value is -1.71. The number of hydrogen-bond acceptors (Lipinski definition) is 5. The van der Waals surface area contributed by atoms with Crippen LogP contribution in [0.15, 0.2) is 23.1 Å². The normalized spacial score (nSPS) is 14.5. The fraction of sp³-hybridized carbons (Fsp3) is 0.467. The van der Waals surface area contributed by atoms with Gasteiger partial charge in [-0.1, -0.05) is 0 Å². The van der Waals surface area contributed by atoms with Crippen molar-refractivity contribution in [2.24, 2.45) is 7.05 Å². The number of nitrogens with zero attached hydrogens (tertiary/aromatic N) is 5. The third-order valence-electron chi connectivity index (χ3n) is 4.38. The van der Waals surface area contributed by atoms with Gasteiger partial charge in [-0.05, 0) is 49.3 Å². The van der Waals surface area contributed by atoms with Gasteiger partial charge in [0.25, 0.3) is 0 Å². The average Bonchev–Trinajstić information content (AvgIpc) is 3.04. The summed E-state index contributed by atoms with van der Waals surface area (Å²) >= 11 is 5.40. The standard InChI is InChI=1S/C15H21N5O2S2/c1-11-16-20(15(23)18(11)4)10-19-8-7-12-9-13(5-6-14(12)19)24(21,22)17(2)3/h5-6,9H,7-8,10H2,1-4H3. The number of aromatic nitrogens is 3. The number of aryl methyl sites for hydroxylation is 1. The second kappa shape index (κ2) is 5.98. The summed E-state index contributed by atoms with van der Waals surface area (Å²) in [6, 6.07) is 5.31. The molecule has 0 saturated carbocycles. The summed E-state index contributed by atoms with van der Waals surface area (Å²) in [4.78, 5) is 2.50. The third kappa shape index (κ3) is 2.76. The lowest BCUT2D eigenvalue weighted by Gasteiger charge is -2.19. The number of benzene rings is 1. The third-order valence-corrected chi connectivity index (χ3v) is 6.68. The molecule has 2 aromatic rings. The minimum Gasteiger partial charge on any atom is -0.351 e. The SMILES string of the molecule is Cc1nn(CN2CCc3cc(S(=O)(=O)N(C)C)ccc32)c(=S)n1C. The zero-order valence-electron chi connectivity index (χ0n) is 14.2. The minimum absolute atomic E-state index is 0.332. The molecule has 130 valence electrons. The molecule has 24 heavy (non-hydrogen) atoms. The van der Waals surface area contributed by atoms with Gasteiger partial charge in [0.05, 0.1) is 4.90 Å². The van der Waals surface area contributed by atoms with Crippen LogP contribution in [0.2, 0.25) is 0 Å². The van der Waals surface area contributed by atoms with Gasteiger partial charge in [0.15, 0.2) is 4.77 Å². The Balaban J connectivity index is 1.91. The molecule has 0 amide bonds. The van der Waals surface area contributed by atoms with Crippen LogP contribution < -0.4 is 4.90 Å². The van der Waals surface area contributed by atoms with E-state index in [4.69, 9.17) is 12.2 Å². The van der Waals surface area contributed by atoms with E-state index in [9.17, 15) is 8.42 Å². The maximum atomic E-state index is 12.3. The molecule has 0 saturated heterocycles. The Morgan fingerprint density at radius 1 is 1.33 bits per heavy atom. The van der Waals surface area contributed by atoms with E-state index in [1.54, 1.807) is 30.9 Å². The van der Waals surface area contributed by atoms with E-state index in [2.05, 4.69) is 10.00 Å². The van der Waals surface area contributed by atoms with Crippen molar-refractivity contribution in [2.75, 3.05) is 25.5 Å². The van der Waals surface area contributed by atoms with Crippen LogP contribution in [0.25, 0.3) is 0 Å². The molecular weight excluding hydrogens is 346 g/mol. The highest BCUT2D eigenvalue weighted by atomic mass is 32.2. The fourth-order valence-corrected chi connectivity index (χ4v) is 4.00. The van der Waals surface area contributed by atoms with Crippen LogP contribution in [0.4, 0.5) is 5.69 Å². The molecule has 0 N–H and O–H groups in total. The summed E-state index contributed by atoms with van der Waals surface area (Å²) in [6.45, 7) is 3.30. The fourth-order valence-electron chi connectivity index (χ4n) is 2.81. The van der Waals surface area contributed by atoms with Crippen LogP contribution in [-0.4, -0.2) is 47.7 Å². The Morgan fingerprint density at radius 3 is 2.62 bits per heavy atom. The average molecular weight is 368 g/mol. The molecule has 0 aliphatic carbocycles. The van der Waals surface area contributed by atoms with Gasteiger partial charge in [0, 0.05) is 33.4 Å². The highest BCUT2D eigenvalue weighted by Gasteiger charge is 2.24. The van der Waals surface area contributed by atoms with Crippen LogP contribution in [0.3, 0.4) is 0 Å². The number of sulfonamides is 1. The molecule has 3 rings (SSSR count). The Bertz CT molecular complexity index is 943. The van der Waals surface area contributed by atoms with Crippen molar-refractivity contribution in [1.82, 2.24) is 18.7 Å². The molecule has 0 fully saturated rings. The predicted molar refractivity (Wildman–Crippen MR) is 95.1 cm³/mol. The van der Waals surface area contributed by atoms with Gasteiger partial charge in [-0.3, -0.25) is 0 Å². The maximum absolute atomic E-state index is 12.3. The van der Waals surface area contributed by atoms with Crippen molar-refractivity contribution >= 4 is 27.9 Å². The largest absolute Gasteiger partial charge is 0.351 e. The van der Waals surface area contributed by atoms with Crippen molar-refractivity contribution in [1.29, 1.82) is 0 Å². The summed E-state index contributed by atoms with van der Waals surface area (Å²) in [6.07, 6.45) is 0.811. The first-order chi connectivity index (χ1) is 11.2. The molecule has 1 aliphatic rings. The van der Waals surface area contributed by atoms with E-state index >= 15 is 0 Å². The Labute approximate surface area is 147 Å². The molecule has 9 heteroatoms. The van der Waals surface area contributed by atoms with Gasteiger partial charge >= 0.3 is 0 Å². The summed E-state index contributed by atoms with van der Waals surface area (Å²) in [5.74, 6) is 0.867. The lowest BCUT2D eigenvalue weighted by atomic mass is 10.2. The highest BCUT2D eigenvalue weighted by Crippen LogP contribution is 2.31. The number of rotatable bonds is 4. The van der Waals surface area contributed by atoms with Crippen LogP contribution in [0, 0.1) is 11.7 Å². The lowest BCUT2D eigenvalue weighted by molar-refractivity contribution is 0.520. The van der Waals surface area contributed by atoms with Gasteiger partial charge < -0.3 is 9.47 Å². The molecule has 0 spiro atoms. The monoisotopic (exact) mass is 367 g/mol. The predicted octanol–water partition coefficient (Wildman–Crippen LogP) is 1.53. The van der Waals surface area contributed by atoms with Crippen molar-refractivity contribution < 1.29 is 8.42 Å². The van der Waals surface area contributed by atoms with E-state index < -0.39 is 10.0 Å². The van der Waals surface area contributed by atoms with Gasteiger partial charge in [-0.25, -0.2) is 17.4 Å². The van der Waals surface area contributed by atoms with Gasteiger partial charge in [-0.15, -0.1) is 0 Å². The van der Waals surface area contributed by atoms with E-state index in [0.717, 1.165) is 30.0 Å². The van der Waals surface area contributed by atoms with Gasteiger partial charge in [0.1, 0.15) is 12.5 Å². The molecule has 0 bridgehead atoms. The molecule has 0 unspecified atom stereocenters. The maximum Gasteiger partial charge on any atom is 0.242 e. The van der Waals surface area contributed by atoms with E-state index in [1.807, 2.05) is 24.6 Å². The second-order valence-electron chi connectivity index (χ2n) is 6.12. The van der Waals surface area contributed by atoms with E-state index in [1.165, 1.54) is 4.31 Å². The summed E-state index contributed by atoms with van der Waals surface area (Å²) in [7, 11) is 1.58. The van der Waals surface area contributed by atoms with Crippen molar-refractivity contribution in [2.45, 2.75) is 24.9 Å². The lowest BCUT2D eigenvalue weighted by Crippen LogP contribution is -2.25. The molecule has 1 aliphatic heterocycles. The summed E-state index contributed by atoms with van der Waals surface area (Å²) in [5, 5.41) is 4.46. The van der Waals surface area contributed by atoms with Crippen molar-refractivity contribution in [3.05, 3.63) is 34.4 Å². The minimum atomic E-state index is -3.41. The molecule has 0 atom stereocenters. The first-order valence-electron chi connectivity index (χ1n) is 7.62. The van der Waals surface area contributed by atoms with Gasteiger partial charge in [-0.2, -0.15) is 5.10 Å². The van der Waals surface area contributed by atoms with E-state index in [0.29, 0.717) is 16.3 Å². The molecule has 7 nitrogen and oxygen atoms in total. The quantitative estimate of drug-likeness (QED) is 0.767. The van der Waals surface area contributed by atoms with Crippen LogP contribution in [0.1, 0.15) is 11.4 Å². The molecule has 1 aromatic carbocycles. The number of anilines is 1. The number of fused-ring (bicyclic) bond motifs is 1. The van der Waals surface area contributed by atoms with Crippen molar-refractivity contribution in [3.8, 4) is 0 Å². The summed E-state index contributed by atoms with van der Waals surface area (Å²) in [5.41, 5.74) is 2.08. The number of hydrogen-bond donors (Lipinski definition) is 0. The Morgan fingerprint density at radius 2 is 2.04 bits per heavy atom. The van der Waals surface area contributed by atoms with E-state index in [-0.39, 0.29) is 0 Å². The molecular formula is C15H21N5O2S2. The molecule has 2 heterocycles. The molecule has 0 radical (unpaired) electrons. The zero-order valence-corrected chi connectivity index (χ0v) is 15.9. The smallest absolute Gasteiger partial charge is 0.242 e. The molecule has 1 aromatic heterocycles. The Kier molecular flexibility index (Phi) is 4.27. The van der Waals surface area contributed by atoms with Crippen LogP contribution >= 0.6 is 12.2 Å². The first-order valence-corrected chi connectivity index (χ1v) is 9.47. The summed E-state index contributed by atoms with van der Waals surface area (Å²) < 4.78 is 30.1. The van der Waals surface area contributed by atoms with Gasteiger partial charge in [0.2, 0.25) is 10.0 Å². The van der Waals surface area contributed by atoms with Crippen LogP contribution in [0.5, 0.6) is 0 Å². The topological polar surface area (TPSA) is 63.4 Å². The second-order valence-corrected chi connectivity index (χ2v) is 8.64. The van der Waals surface area contributed by atoms with Crippen molar-refractivity contribution in [3.63, 3.8) is 0 Å². The van der Waals surface area contributed by atoms with Crippen LogP contribution in [-0.2, 0) is 30.2 Å². The first kappa shape index (κ1) is 17.1.